The van der Waals surface area contributed by atoms with Crippen molar-refractivity contribution in [2.75, 3.05) is 11.4 Å². The first kappa shape index (κ1) is 17.1. The minimum absolute atomic E-state index is 0.0643. The van der Waals surface area contributed by atoms with Crippen molar-refractivity contribution in [3.8, 4) is 0 Å². The van der Waals surface area contributed by atoms with Crippen LogP contribution >= 0.6 is 11.3 Å². The second-order valence-electron chi connectivity index (χ2n) is 6.94. The Kier molecular flexibility index (Phi) is 4.48. The van der Waals surface area contributed by atoms with E-state index in [9.17, 15) is 14.0 Å². The predicted molar refractivity (Wildman–Crippen MR) is 97.3 cm³/mol. The molecule has 7 heteroatoms. The third-order valence-corrected chi connectivity index (χ3v) is 5.71. The van der Waals surface area contributed by atoms with Gasteiger partial charge in [-0.05, 0) is 44.0 Å². The average Bonchev–Trinajstić information content (AvgIpc) is 3.27. The summed E-state index contributed by atoms with van der Waals surface area (Å²) in [4.78, 5) is 33.4. The monoisotopic (exact) mass is 373 g/mol. The smallest absolute Gasteiger partial charge is 0.232 e. The Morgan fingerprint density at radius 2 is 2.08 bits per heavy atom. The van der Waals surface area contributed by atoms with Crippen LogP contribution in [0.1, 0.15) is 30.0 Å². The van der Waals surface area contributed by atoms with Crippen molar-refractivity contribution in [2.45, 2.75) is 38.8 Å². The molecule has 1 aliphatic heterocycles. The molecule has 0 N–H and O–H groups in total. The Morgan fingerprint density at radius 3 is 2.69 bits per heavy atom. The molecule has 0 bridgehead atoms. The molecule has 1 atom stereocenters. The number of anilines is 1. The lowest BCUT2D eigenvalue weighted by molar-refractivity contribution is -0.128. The van der Waals surface area contributed by atoms with Crippen LogP contribution in [0.2, 0.25) is 0 Å². The highest BCUT2D eigenvalue weighted by atomic mass is 32.1. The van der Waals surface area contributed by atoms with Gasteiger partial charge in [-0.3, -0.25) is 9.59 Å². The number of carbonyl (C=O) groups is 2. The number of rotatable bonds is 5. The Labute approximate surface area is 155 Å². The molecule has 136 valence electrons. The zero-order valence-electron chi connectivity index (χ0n) is 14.5. The molecule has 1 aromatic heterocycles. The molecule has 1 saturated carbocycles. The summed E-state index contributed by atoms with van der Waals surface area (Å²) in [5.74, 6) is -0.734. The summed E-state index contributed by atoms with van der Waals surface area (Å²) in [6.07, 6.45) is 2.32. The van der Waals surface area contributed by atoms with Crippen molar-refractivity contribution < 1.29 is 14.0 Å². The highest BCUT2D eigenvalue weighted by molar-refractivity contribution is 7.09. The lowest BCUT2D eigenvalue weighted by Crippen LogP contribution is -2.37. The summed E-state index contributed by atoms with van der Waals surface area (Å²) >= 11 is 1.53. The van der Waals surface area contributed by atoms with E-state index in [0.717, 1.165) is 23.5 Å². The minimum Gasteiger partial charge on any atom is -0.339 e. The van der Waals surface area contributed by atoms with Gasteiger partial charge < -0.3 is 9.80 Å². The highest BCUT2D eigenvalue weighted by Gasteiger charge is 2.43. The first-order valence-corrected chi connectivity index (χ1v) is 9.66. The van der Waals surface area contributed by atoms with Gasteiger partial charge in [-0.1, -0.05) is 0 Å². The number of aromatic nitrogens is 1. The maximum atomic E-state index is 13.3. The van der Waals surface area contributed by atoms with Crippen molar-refractivity contribution in [1.29, 1.82) is 0 Å². The van der Waals surface area contributed by atoms with Gasteiger partial charge in [0.05, 0.1) is 23.2 Å². The zero-order chi connectivity index (χ0) is 18.3. The van der Waals surface area contributed by atoms with E-state index in [1.807, 2.05) is 17.2 Å². The number of carbonyl (C=O) groups excluding carboxylic acids is 2. The average molecular weight is 373 g/mol. The fourth-order valence-electron chi connectivity index (χ4n) is 3.42. The maximum absolute atomic E-state index is 13.3. The van der Waals surface area contributed by atoms with Crippen LogP contribution in [0.25, 0.3) is 0 Å². The molecule has 1 saturated heterocycles. The summed E-state index contributed by atoms with van der Waals surface area (Å²) < 4.78 is 13.3. The van der Waals surface area contributed by atoms with Crippen LogP contribution in [0.3, 0.4) is 0 Å². The minimum atomic E-state index is -0.354. The van der Waals surface area contributed by atoms with Crippen molar-refractivity contribution in [1.82, 2.24) is 9.88 Å². The topological polar surface area (TPSA) is 53.5 Å². The van der Waals surface area contributed by atoms with E-state index in [1.165, 1.54) is 23.5 Å². The number of likely N-dealkylation sites (tertiary alicyclic amines) is 1. The molecule has 2 fully saturated rings. The number of thiazole rings is 1. The van der Waals surface area contributed by atoms with Gasteiger partial charge >= 0.3 is 0 Å². The second kappa shape index (κ2) is 6.79. The molecule has 2 aliphatic rings. The SMILES string of the molecule is Cc1nc(CN(C(=O)C2CC(=O)N(C3CC3)C2)c2ccc(F)cc2)cs1. The summed E-state index contributed by atoms with van der Waals surface area (Å²) in [6, 6.07) is 6.21. The zero-order valence-corrected chi connectivity index (χ0v) is 15.3. The van der Waals surface area contributed by atoms with E-state index >= 15 is 0 Å². The molecule has 4 rings (SSSR count). The lowest BCUT2D eigenvalue weighted by Gasteiger charge is -2.25. The highest BCUT2D eigenvalue weighted by Crippen LogP contribution is 2.34. The molecule has 2 aromatic rings. The number of benzene rings is 1. The summed E-state index contributed by atoms with van der Waals surface area (Å²) in [6.45, 7) is 2.72. The van der Waals surface area contributed by atoms with Gasteiger partial charge in [-0.15, -0.1) is 11.3 Å². The van der Waals surface area contributed by atoms with Crippen molar-refractivity contribution in [2.24, 2.45) is 5.92 Å². The third-order valence-electron chi connectivity index (χ3n) is 4.89. The maximum Gasteiger partial charge on any atom is 0.232 e. The predicted octanol–water partition coefficient (Wildman–Crippen LogP) is 3.13. The van der Waals surface area contributed by atoms with Gasteiger partial charge in [0.2, 0.25) is 11.8 Å². The van der Waals surface area contributed by atoms with Crippen LogP contribution in [0.5, 0.6) is 0 Å². The van der Waals surface area contributed by atoms with Crippen molar-refractivity contribution in [3.05, 3.63) is 46.2 Å². The second-order valence-corrected chi connectivity index (χ2v) is 8.00. The van der Waals surface area contributed by atoms with Crippen LogP contribution in [-0.2, 0) is 16.1 Å². The molecular weight excluding hydrogens is 353 g/mol. The molecule has 2 heterocycles. The van der Waals surface area contributed by atoms with E-state index in [1.54, 1.807) is 17.0 Å². The molecule has 0 radical (unpaired) electrons. The standard InChI is InChI=1S/C19H20FN3O2S/c1-12-21-15(11-26-12)10-23(17-4-2-14(20)3-5-17)19(25)13-8-18(24)22(9-13)16-6-7-16/h2-5,11,13,16H,6-10H2,1H3. The Bertz CT molecular complexity index is 832. The van der Waals surface area contributed by atoms with E-state index in [-0.39, 0.29) is 30.0 Å². The van der Waals surface area contributed by atoms with Gasteiger partial charge in [0.1, 0.15) is 5.82 Å². The van der Waals surface area contributed by atoms with Gasteiger partial charge in [0.15, 0.2) is 0 Å². The van der Waals surface area contributed by atoms with Crippen LogP contribution in [0.4, 0.5) is 10.1 Å². The van der Waals surface area contributed by atoms with Gasteiger partial charge in [-0.2, -0.15) is 0 Å². The van der Waals surface area contributed by atoms with Gasteiger partial charge in [-0.25, -0.2) is 9.37 Å². The van der Waals surface area contributed by atoms with Crippen LogP contribution in [-0.4, -0.2) is 34.3 Å². The molecule has 1 aromatic carbocycles. The molecule has 26 heavy (non-hydrogen) atoms. The Balaban J connectivity index is 1.58. The first-order chi connectivity index (χ1) is 12.5. The molecule has 0 spiro atoms. The quantitative estimate of drug-likeness (QED) is 0.809. The van der Waals surface area contributed by atoms with E-state index in [0.29, 0.717) is 24.8 Å². The summed E-state index contributed by atoms with van der Waals surface area (Å²) in [7, 11) is 0. The number of hydrogen-bond donors (Lipinski definition) is 0. The van der Waals surface area contributed by atoms with E-state index in [4.69, 9.17) is 0 Å². The number of halogens is 1. The Hall–Kier alpha value is -2.28. The number of nitrogens with zero attached hydrogens (tertiary/aromatic N) is 3. The molecular formula is C19H20FN3O2S. The molecule has 5 nitrogen and oxygen atoms in total. The largest absolute Gasteiger partial charge is 0.339 e. The molecule has 2 amide bonds. The van der Waals surface area contributed by atoms with Crippen LogP contribution in [0, 0.1) is 18.7 Å². The number of amides is 2. The number of aryl methyl sites for hydroxylation is 1. The van der Waals surface area contributed by atoms with Crippen LogP contribution in [0.15, 0.2) is 29.6 Å². The van der Waals surface area contributed by atoms with Crippen LogP contribution < -0.4 is 4.90 Å². The van der Waals surface area contributed by atoms with Gasteiger partial charge in [0.25, 0.3) is 0 Å². The summed E-state index contributed by atoms with van der Waals surface area (Å²) in [5, 5.41) is 2.86. The molecule has 1 unspecified atom stereocenters. The van der Waals surface area contributed by atoms with Gasteiger partial charge in [0, 0.05) is 30.1 Å². The summed E-state index contributed by atoms with van der Waals surface area (Å²) in [5.41, 5.74) is 1.42. The van der Waals surface area contributed by atoms with E-state index in [2.05, 4.69) is 4.98 Å². The first-order valence-electron chi connectivity index (χ1n) is 8.78. The molecule has 1 aliphatic carbocycles. The fourth-order valence-corrected chi connectivity index (χ4v) is 4.02. The fraction of sp³-hybridized carbons (Fsp3) is 0.421. The van der Waals surface area contributed by atoms with Crippen molar-refractivity contribution >= 4 is 28.8 Å². The normalized spacial score (nSPS) is 19.8. The van der Waals surface area contributed by atoms with Crippen molar-refractivity contribution in [3.63, 3.8) is 0 Å². The Morgan fingerprint density at radius 1 is 1.35 bits per heavy atom. The third kappa shape index (κ3) is 3.49. The lowest BCUT2D eigenvalue weighted by atomic mass is 10.1. The van der Waals surface area contributed by atoms with E-state index < -0.39 is 0 Å². The number of hydrogen-bond acceptors (Lipinski definition) is 4.